The predicted octanol–water partition coefficient (Wildman–Crippen LogP) is 5.60. The van der Waals surface area contributed by atoms with Crippen LogP contribution >= 0.6 is 11.6 Å². The van der Waals surface area contributed by atoms with Crippen LogP contribution in [0.15, 0.2) is 53.2 Å². The number of rotatable bonds is 6. The molecule has 0 radical (unpaired) electrons. The Morgan fingerprint density at radius 2 is 1.89 bits per heavy atom. The fraction of sp³-hybridized carbons (Fsp3) is 0.167. The number of benzene rings is 2. The minimum Gasteiger partial charge on any atom is -0.355 e. The van der Waals surface area contributed by atoms with Crippen molar-refractivity contribution in [2.45, 2.75) is 13.1 Å². The summed E-state index contributed by atoms with van der Waals surface area (Å²) in [6, 6.07) is 9.22. The normalized spacial score (nSPS) is 11.5. The molecule has 4 aromatic rings. The van der Waals surface area contributed by atoms with E-state index in [1.54, 1.807) is 0 Å². The van der Waals surface area contributed by atoms with E-state index in [1.165, 1.54) is 50.4 Å². The molecule has 0 atom stereocenters. The van der Waals surface area contributed by atoms with Crippen LogP contribution in [-0.2, 0) is 15.8 Å². The summed E-state index contributed by atoms with van der Waals surface area (Å²) >= 11 is 6.14. The SMILES string of the molecule is CON(C)C(=O)c1c(-c2c(F)cccc2Cl)noc1-c1cnn(-c2cccc(NC(C)=O)c2)c1C(F)(F)F. The van der Waals surface area contributed by atoms with Crippen LogP contribution < -0.4 is 5.32 Å². The van der Waals surface area contributed by atoms with Crippen LogP contribution in [0, 0.1) is 5.82 Å². The molecule has 2 heterocycles. The van der Waals surface area contributed by atoms with E-state index in [9.17, 15) is 27.2 Å². The van der Waals surface area contributed by atoms with Gasteiger partial charge in [-0.05, 0) is 30.3 Å². The van der Waals surface area contributed by atoms with Gasteiger partial charge in [0.05, 0.1) is 35.1 Å². The van der Waals surface area contributed by atoms with Gasteiger partial charge >= 0.3 is 6.18 Å². The minimum atomic E-state index is -5.01. The highest BCUT2D eigenvalue weighted by Crippen LogP contribution is 2.43. The fourth-order valence-electron chi connectivity index (χ4n) is 3.71. The van der Waals surface area contributed by atoms with Crippen LogP contribution in [0.25, 0.3) is 28.3 Å². The Labute approximate surface area is 217 Å². The molecule has 0 bridgehead atoms. The number of carbonyl (C=O) groups is 2. The van der Waals surface area contributed by atoms with E-state index in [2.05, 4.69) is 15.6 Å². The van der Waals surface area contributed by atoms with Crippen LogP contribution in [-0.4, -0.2) is 46.0 Å². The van der Waals surface area contributed by atoms with Gasteiger partial charge in [-0.3, -0.25) is 14.4 Å². The molecule has 0 aliphatic carbocycles. The summed E-state index contributed by atoms with van der Waals surface area (Å²) in [6.45, 7) is 1.25. The molecule has 0 unspecified atom stereocenters. The summed E-state index contributed by atoms with van der Waals surface area (Å²) in [4.78, 5) is 29.5. The van der Waals surface area contributed by atoms with Crippen LogP contribution in [0.5, 0.6) is 0 Å². The van der Waals surface area contributed by atoms with Gasteiger partial charge in [-0.25, -0.2) is 14.1 Å². The van der Waals surface area contributed by atoms with Gasteiger partial charge in [0.2, 0.25) is 5.91 Å². The number of hydrogen-bond donors (Lipinski definition) is 1. The van der Waals surface area contributed by atoms with Crippen molar-refractivity contribution in [2.75, 3.05) is 19.5 Å². The quantitative estimate of drug-likeness (QED) is 0.247. The lowest BCUT2D eigenvalue weighted by Crippen LogP contribution is -2.26. The van der Waals surface area contributed by atoms with Crippen molar-refractivity contribution in [3.05, 3.63) is 70.8 Å². The van der Waals surface area contributed by atoms with Crippen molar-refractivity contribution in [1.82, 2.24) is 20.0 Å². The number of anilines is 1. The monoisotopic (exact) mass is 551 g/mol. The third-order valence-corrected chi connectivity index (χ3v) is 5.67. The Hall–Kier alpha value is -4.23. The second kappa shape index (κ2) is 10.3. The first kappa shape index (κ1) is 26.8. The molecule has 4 rings (SSSR count). The molecule has 38 heavy (non-hydrogen) atoms. The van der Waals surface area contributed by atoms with Crippen molar-refractivity contribution in [2.24, 2.45) is 0 Å². The molecule has 0 aliphatic heterocycles. The van der Waals surface area contributed by atoms with Gasteiger partial charge in [-0.15, -0.1) is 0 Å². The molecule has 0 spiro atoms. The maximum Gasteiger partial charge on any atom is 0.434 e. The van der Waals surface area contributed by atoms with Gasteiger partial charge < -0.3 is 9.84 Å². The maximum absolute atomic E-state index is 14.7. The molecule has 0 saturated heterocycles. The molecule has 0 saturated carbocycles. The van der Waals surface area contributed by atoms with Gasteiger partial charge in [0.15, 0.2) is 11.5 Å². The third-order valence-electron chi connectivity index (χ3n) is 5.36. The number of nitrogens with one attached hydrogen (secondary N) is 1. The Bertz CT molecular complexity index is 1510. The number of nitrogens with zero attached hydrogens (tertiary/aromatic N) is 4. The van der Waals surface area contributed by atoms with Gasteiger partial charge in [-0.2, -0.15) is 18.3 Å². The van der Waals surface area contributed by atoms with Gasteiger partial charge in [-0.1, -0.05) is 28.9 Å². The summed E-state index contributed by atoms with van der Waals surface area (Å²) in [5.41, 5.74) is -3.08. The zero-order valence-electron chi connectivity index (χ0n) is 19.9. The molecule has 198 valence electrons. The van der Waals surface area contributed by atoms with E-state index in [-0.39, 0.29) is 22.0 Å². The largest absolute Gasteiger partial charge is 0.434 e. The topological polar surface area (TPSA) is 102 Å². The molecular weight excluding hydrogens is 534 g/mol. The highest BCUT2D eigenvalue weighted by Gasteiger charge is 2.42. The first-order valence-electron chi connectivity index (χ1n) is 10.7. The number of alkyl halides is 3. The molecule has 0 fully saturated rings. The van der Waals surface area contributed by atoms with Gasteiger partial charge in [0, 0.05) is 19.7 Å². The highest BCUT2D eigenvalue weighted by atomic mass is 35.5. The van der Waals surface area contributed by atoms with E-state index < -0.39 is 52.1 Å². The average molecular weight is 552 g/mol. The van der Waals surface area contributed by atoms with Crippen molar-refractivity contribution < 1.29 is 36.5 Å². The van der Waals surface area contributed by atoms with E-state index in [4.69, 9.17) is 21.0 Å². The first-order chi connectivity index (χ1) is 17.9. The standard InChI is InChI=1S/C24H18ClF4N5O4/c1-12(35)31-13-6-4-7-14(10-13)34-22(24(27,28)29)15(11-30-34)21-19(23(36)33(2)37-3)20(32-38-21)18-16(25)8-5-9-17(18)26/h4-11H,1-3H3,(H,31,35). The van der Waals surface area contributed by atoms with E-state index >= 15 is 0 Å². The summed E-state index contributed by atoms with van der Waals surface area (Å²) in [7, 11) is 2.36. The van der Waals surface area contributed by atoms with Crippen molar-refractivity contribution >= 4 is 29.1 Å². The van der Waals surface area contributed by atoms with Crippen molar-refractivity contribution in [3.63, 3.8) is 0 Å². The minimum absolute atomic E-state index is 0.0476. The van der Waals surface area contributed by atoms with Gasteiger partial charge in [0.1, 0.15) is 17.1 Å². The molecule has 2 amide bonds. The molecule has 0 aliphatic rings. The lowest BCUT2D eigenvalue weighted by Gasteiger charge is -2.15. The van der Waals surface area contributed by atoms with E-state index in [0.717, 1.165) is 19.4 Å². The Kier molecular flexibility index (Phi) is 7.24. The Morgan fingerprint density at radius 3 is 2.53 bits per heavy atom. The Morgan fingerprint density at radius 1 is 1.18 bits per heavy atom. The third kappa shape index (κ3) is 4.97. The maximum atomic E-state index is 14.7. The van der Waals surface area contributed by atoms with Crippen LogP contribution in [0.2, 0.25) is 5.02 Å². The summed E-state index contributed by atoms with van der Waals surface area (Å²) < 4.78 is 63.9. The van der Waals surface area contributed by atoms with Crippen LogP contribution in [0.4, 0.5) is 23.2 Å². The van der Waals surface area contributed by atoms with E-state index in [0.29, 0.717) is 9.75 Å². The summed E-state index contributed by atoms with van der Waals surface area (Å²) in [5.74, 6) is -2.92. The lowest BCUT2D eigenvalue weighted by molar-refractivity contribution is -0.142. The van der Waals surface area contributed by atoms with Crippen molar-refractivity contribution in [1.29, 1.82) is 0 Å². The lowest BCUT2D eigenvalue weighted by atomic mass is 10.0. The average Bonchev–Trinajstić information content (AvgIpc) is 3.47. The number of hydrogen-bond acceptors (Lipinski definition) is 6. The zero-order chi connectivity index (χ0) is 27.8. The molecule has 2 aromatic carbocycles. The number of amides is 2. The second-order valence-electron chi connectivity index (χ2n) is 7.87. The zero-order valence-corrected chi connectivity index (χ0v) is 20.7. The van der Waals surface area contributed by atoms with Crippen LogP contribution in [0.3, 0.4) is 0 Å². The smallest absolute Gasteiger partial charge is 0.355 e. The summed E-state index contributed by atoms with van der Waals surface area (Å²) in [5, 5.41) is 10.6. The predicted molar refractivity (Wildman–Crippen MR) is 128 cm³/mol. The molecule has 1 N–H and O–H groups in total. The van der Waals surface area contributed by atoms with E-state index in [1.807, 2.05) is 0 Å². The summed E-state index contributed by atoms with van der Waals surface area (Å²) in [6.07, 6.45) is -4.17. The Balaban J connectivity index is 1.99. The molecular formula is C24H18ClF4N5O4. The highest BCUT2D eigenvalue weighted by molar-refractivity contribution is 6.33. The molecule has 2 aromatic heterocycles. The number of hydroxylamine groups is 2. The number of halogens is 5. The van der Waals surface area contributed by atoms with Crippen molar-refractivity contribution in [3.8, 4) is 28.3 Å². The fourth-order valence-corrected chi connectivity index (χ4v) is 3.96. The van der Waals surface area contributed by atoms with Gasteiger partial charge in [0.25, 0.3) is 5.91 Å². The number of carbonyl (C=O) groups excluding carboxylic acids is 2. The number of aromatic nitrogens is 3. The molecule has 14 heteroatoms. The van der Waals surface area contributed by atoms with Crippen LogP contribution in [0.1, 0.15) is 23.0 Å². The second-order valence-corrected chi connectivity index (χ2v) is 8.27. The molecule has 9 nitrogen and oxygen atoms in total. The first-order valence-corrected chi connectivity index (χ1v) is 11.1.